The molecule has 0 aliphatic carbocycles. The van der Waals surface area contributed by atoms with Crippen molar-refractivity contribution in [2.45, 2.75) is 46.7 Å². The minimum absolute atomic E-state index is 0.158. The number of anilines is 1. The number of hydrogen-bond acceptors (Lipinski definition) is 3. The van der Waals surface area contributed by atoms with Crippen LogP contribution in [0.4, 0.5) is 5.69 Å². The maximum atomic E-state index is 12.7. The first-order valence-corrected chi connectivity index (χ1v) is 9.06. The van der Waals surface area contributed by atoms with Crippen molar-refractivity contribution < 1.29 is 4.79 Å². The maximum absolute atomic E-state index is 12.7. The minimum atomic E-state index is 0.158. The SMILES string of the molecule is Cc1cccc(N2C[C@H](C)N(Cc3cc(CC(C)C)n[nH]3)CC2=O)c1. The number of carbonyl (C=O) groups excluding carboxylic acids is 1. The predicted octanol–water partition coefficient (Wildman–Crippen LogP) is 3.15. The molecule has 0 saturated carbocycles. The Bertz CT molecular complexity index is 737. The van der Waals surface area contributed by atoms with Crippen LogP contribution in [0.1, 0.15) is 37.7 Å². The van der Waals surface area contributed by atoms with Crippen molar-refractivity contribution in [3.8, 4) is 0 Å². The van der Waals surface area contributed by atoms with E-state index in [0.29, 0.717) is 18.5 Å². The standard InChI is InChI=1S/C20H28N4O/c1-14(2)8-17-10-18(22-21-17)12-23-13-20(25)24(11-16(23)4)19-7-5-6-15(3)9-19/h5-7,9-10,14,16H,8,11-13H2,1-4H3,(H,21,22)/t16-/m0/s1. The quantitative estimate of drug-likeness (QED) is 0.910. The second-order valence-corrected chi connectivity index (χ2v) is 7.58. The first kappa shape index (κ1) is 17.7. The van der Waals surface area contributed by atoms with Crippen LogP contribution in [0.5, 0.6) is 0 Å². The van der Waals surface area contributed by atoms with Crippen LogP contribution in [0.3, 0.4) is 0 Å². The van der Waals surface area contributed by atoms with Crippen LogP contribution in [0.25, 0.3) is 0 Å². The Hall–Kier alpha value is -2.14. The highest BCUT2D eigenvalue weighted by molar-refractivity contribution is 5.95. The van der Waals surface area contributed by atoms with Gasteiger partial charge in [-0.1, -0.05) is 26.0 Å². The van der Waals surface area contributed by atoms with Gasteiger partial charge < -0.3 is 4.90 Å². The number of aryl methyl sites for hydroxylation is 1. The van der Waals surface area contributed by atoms with Gasteiger partial charge in [0.25, 0.3) is 0 Å². The lowest BCUT2D eigenvalue weighted by molar-refractivity contribution is -0.122. The molecule has 1 aromatic heterocycles. The molecule has 5 heteroatoms. The van der Waals surface area contributed by atoms with Gasteiger partial charge in [0.05, 0.1) is 12.2 Å². The average Bonchev–Trinajstić information content (AvgIpc) is 2.97. The molecule has 0 spiro atoms. The Morgan fingerprint density at radius 1 is 1.32 bits per heavy atom. The number of benzene rings is 1. The molecule has 2 aromatic rings. The van der Waals surface area contributed by atoms with E-state index in [4.69, 9.17) is 0 Å². The zero-order chi connectivity index (χ0) is 18.0. The molecule has 1 atom stereocenters. The molecule has 1 amide bonds. The summed E-state index contributed by atoms with van der Waals surface area (Å²) in [7, 11) is 0. The zero-order valence-electron chi connectivity index (χ0n) is 15.6. The van der Waals surface area contributed by atoms with Crippen molar-refractivity contribution in [2.75, 3.05) is 18.0 Å². The molecule has 2 heterocycles. The Morgan fingerprint density at radius 3 is 2.84 bits per heavy atom. The van der Waals surface area contributed by atoms with Crippen LogP contribution in [-0.4, -0.2) is 40.1 Å². The second-order valence-electron chi connectivity index (χ2n) is 7.58. The maximum Gasteiger partial charge on any atom is 0.241 e. The number of H-pyrrole nitrogens is 1. The molecule has 1 fully saturated rings. The van der Waals surface area contributed by atoms with E-state index in [1.165, 1.54) is 5.56 Å². The lowest BCUT2D eigenvalue weighted by Crippen LogP contribution is -2.54. The molecule has 0 bridgehead atoms. The molecule has 3 rings (SSSR count). The Morgan fingerprint density at radius 2 is 2.12 bits per heavy atom. The van der Waals surface area contributed by atoms with Crippen LogP contribution in [-0.2, 0) is 17.8 Å². The van der Waals surface area contributed by atoms with Gasteiger partial charge in [0.2, 0.25) is 5.91 Å². The highest BCUT2D eigenvalue weighted by atomic mass is 16.2. The summed E-state index contributed by atoms with van der Waals surface area (Å²) in [6.45, 7) is 10.5. The molecule has 25 heavy (non-hydrogen) atoms. The van der Waals surface area contributed by atoms with Crippen LogP contribution < -0.4 is 4.90 Å². The van der Waals surface area contributed by atoms with Gasteiger partial charge in [0, 0.05) is 30.5 Å². The number of aromatic nitrogens is 2. The fraction of sp³-hybridized carbons (Fsp3) is 0.500. The van der Waals surface area contributed by atoms with E-state index in [1.54, 1.807) is 0 Å². The number of hydrogen-bond donors (Lipinski definition) is 1. The van der Waals surface area contributed by atoms with Gasteiger partial charge in [-0.2, -0.15) is 5.10 Å². The van der Waals surface area contributed by atoms with Crippen LogP contribution >= 0.6 is 0 Å². The van der Waals surface area contributed by atoms with Crippen LogP contribution in [0, 0.1) is 12.8 Å². The van der Waals surface area contributed by atoms with Crippen molar-refractivity contribution in [1.82, 2.24) is 15.1 Å². The summed E-state index contributed by atoms with van der Waals surface area (Å²) in [6.07, 6.45) is 0.978. The van der Waals surface area contributed by atoms with E-state index in [-0.39, 0.29) is 5.91 Å². The number of carbonyl (C=O) groups is 1. The smallest absolute Gasteiger partial charge is 0.241 e. The van der Waals surface area contributed by atoms with Crippen LogP contribution in [0.2, 0.25) is 0 Å². The number of rotatable bonds is 5. The highest BCUT2D eigenvalue weighted by Crippen LogP contribution is 2.22. The normalized spacial score (nSPS) is 19.0. The van der Waals surface area contributed by atoms with Gasteiger partial charge >= 0.3 is 0 Å². The third-order valence-corrected chi connectivity index (χ3v) is 4.70. The van der Waals surface area contributed by atoms with Crippen molar-refractivity contribution >= 4 is 11.6 Å². The van der Waals surface area contributed by atoms with Gasteiger partial charge in [0.1, 0.15) is 0 Å². The number of nitrogens with one attached hydrogen (secondary N) is 1. The molecule has 1 saturated heterocycles. The molecule has 0 unspecified atom stereocenters. The van der Waals surface area contributed by atoms with Gasteiger partial charge in [-0.15, -0.1) is 0 Å². The summed E-state index contributed by atoms with van der Waals surface area (Å²) in [5.41, 5.74) is 4.36. The summed E-state index contributed by atoms with van der Waals surface area (Å²) in [5.74, 6) is 0.750. The van der Waals surface area contributed by atoms with E-state index < -0.39 is 0 Å². The summed E-state index contributed by atoms with van der Waals surface area (Å²) in [5, 5.41) is 7.52. The number of aromatic amines is 1. The first-order valence-electron chi connectivity index (χ1n) is 9.06. The number of amides is 1. The fourth-order valence-electron chi connectivity index (χ4n) is 3.39. The van der Waals surface area contributed by atoms with Crippen molar-refractivity contribution in [1.29, 1.82) is 0 Å². The van der Waals surface area contributed by atoms with Gasteiger partial charge in [-0.3, -0.25) is 14.8 Å². The monoisotopic (exact) mass is 340 g/mol. The van der Waals surface area contributed by atoms with Gasteiger partial charge in [-0.25, -0.2) is 0 Å². The third-order valence-electron chi connectivity index (χ3n) is 4.70. The molecule has 1 N–H and O–H groups in total. The van der Waals surface area contributed by atoms with E-state index >= 15 is 0 Å². The topological polar surface area (TPSA) is 52.2 Å². The molecule has 1 aliphatic rings. The van der Waals surface area contributed by atoms with E-state index in [2.05, 4.69) is 61.0 Å². The number of nitrogens with zero attached hydrogens (tertiary/aromatic N) is 3. The zero-order valence-corrected chi connectivity index (χ0v) is 15.6. The van der Waals surface area contributed by atoms with E-state index in [9.17, 15) is 4.79 Å². The Kier molecular flexibility index (Phi) is 5.23. The van der Waals surface area contributed by atoms with E-state index in [0.717, 1.165) is 36.6 Å². The van der Waals surface area contributed by atoms with Gasteiger partial charge in [-0.05, 0) is 49.9 Å². The predicted molar refractivity (Wildman–Crippen MR) is 101 cm³/mol. The lowest BCUT2D eigenvalue weighted by atomic mass is 10.1. The van der Waals surface area contributed by atoms with Gasteiger partial charge in [0.15, 0.2) is 0 Å². The first-order chi connectivity index (χ1) is 11.9. The molecular formula is C20H28N4O. The Labute approximate surface area is 150 Å². The minimum Gasteiger partial charge on any atom is -0.310 e. The summed E-state index contributed by atoms with van der Waals surface area (Å²) < 4.78 is 0. The van der Waals surface area contributed by atoms with Crippen molar-refractivity contribution in [2.24, 2.45) is 5.92 Å². The van der Waals surface area contributed by atoms with Crippen molar-refractivity contribution in [3.05, 3.63) is 47.3 Å². The molecule has 0 radical (unpaired) electrons. The molecule has 5 nitrogen and oxygen atoms in total. The second kappa shape index (κ2) is 7.40. The summed E-state index contributed by atoms with van der Waals surface area (Å²) >= 11 is 0. The van der Waals surface area contributed by atoms with Crippen molar-refractivity contribution in [3.63, 3.8) is 0 Å². The summed E-state index contributed by atoms with van der Waals surface area (Å²) in [6, 6.07) is 10.6. The largest absolute Gasteiger partial charge is 0.310 e. The molecule has 1 aliphatic heterocycles. The van der Waals surface area contributed by atoms with E-state index in [1.807, 2.05) is 17.0 Å². The average molecular weight is 340 g/mol. The molecular weight excluding hydrogens is 312 g/mol. The highest BCUT2D eigenvalue weighted by Gasteiger charge is 2.30. The third kappa shape index (κ3) is 4.28. The molecule has 1 aromatic carbocycles. The Balaban J connectivity index is 1.66. The molecule has 134 valence electrons. The number of piperazine rings is 1. The fourth-order valence-corrected chi connectivity index (χ4v) is 3.39. The lowest BCUT2D eigenvalue weighted by Gasteiger charge is -2.39. The van der Waals surface area contributed by atoms with Crippen LogP contribution in [0.15, 0.2) is 30.3 Å². The summed E-state index contributed by atoms with van der Waals surface area (Å²) in [4.78, 5) is 16.8.